The number of aromatic nitrogens is 4. The number of aryl methyl sites for hydroxylation is 2. The van der Waals surface area contributed by atoms with Gasteiger partial charge < -0.3 is 14.6 Å². The number of piperidine rings is 1. The number of likely N-dealkylation sites (tertiary alicyclic amines) is 1. The number of amides is 1. The molecule has 4 rings (SSSR count). The van der Waals surface area contributed by atoms with Crippen LogP contribution in [0, 0.1) is 12.8 Å². The second-order valence-corrected chi connectivity index (χ2v) is 6.73. The summed E-state index contributed by atoms with van der Waals surface area (Å²) in [7, 11) is 1.91. The van der Waals surface area contributed by atoms with Crippen molar-refractivity contribution >= 4 is 11.9 Å². The van der Waals surface area contributed by atoms with Crippen LogP contribution < -0.4 is 5.32 Å². The molecule has 24 heavy (non-hydrogen) atoms. The first-order chi connectivity index (χ1) is 11.6. The number of hydrogen-bond acceptors (Lipinski definition) is 6. The minimum absolute atomic E-state index is 0.0592. The van der Waals surface area contributed by atoms with E-state index in [1.165, 1.54) is 0 Å². The summed E-state index contributed by atoms with van der Waals surface area (Å²) in [5.41, 5.74) is 1.10. The number of rotatable bonds is 5. The number of carbonyl (C=O) groups excluding carboxylic acids is 1. The van der Waals surface area contributed by atoms with Crippen molar-refractivity contribution in [3.63, 3.8) is 0 Å². The Bertz CT molecular complexity index is 735. The molecule has 128 valence electrons. The van der Waals surface area contributed by atoms with Gasteiger partial charge >= 0.3 is 6.01 Å². The van der Waals surface area contributed by atoms with Gasteiger partial charge in [-0.3, -0.25) is 9.48 Å². The van der Waals surface area contributed by atoms with Crippen molar-refractivity contribution in [2.45, 2.75) is 44.7 Å². The van der Waals surface area contributed by atoms with Crippen LogP contribution in [-0.2, 0) is 11.8 Å². The van der Waals surface area contributed by atoms with Crippen molar-refractivity contribution in [1.82, 2.24) is 24.9 Å². The summed E-state index contributed by atoms with van der Waals surface area (Å²) in [5, 5.41) is 15.4. The van der Waals surface area contributed by atoms with Crippen LogP contribution in [-0.4, -0.2) is 43.4 Å². The predicted molar refractivity (Wildman–Crippen MR) is 86.1 cm³/mol. The van der Waals surface area contributed by atoms with Crippen LogP contribution in [0.3, 0.4) is 0 Å². The van der Waals surface area contributed by atoms with E-state index >= 15 is 0 Å². The zero-order chi connectivity index (χ0) is 16.7. The molecule has 2 fully saturated rings. The van der Waals surface area contributed by atoms with Crippen LogP contribution >= 0.6 is 0 Å². The summed E-state index contributed by atoms with van der Waals surface area (Å²) in [5.74, 6) is 1.09. The third-order valence-corrected chi connectivity index (χ3v) is 4.81. The molecule has 0 radical (unpaired) electrons. The van der Waals surface area contributed by atoms with E-state index in [4.69, 9.17) is 4.42 Å². The molecule has 1 aliphatic carbocycles. The van der Waals surface area contributed by atoms with Gasteiger partial charge in [-0.2, -0.15) is 5.10 Å². The van der Waals surface area contributed by atoms with Crippen LogP contribution in [0.25, 0.3) is 0 Å². The molecule has 0 aromatic carbocycles. The lowest BCUT2D eigenvalue weighted by Crippen LogP contribution is -2.45. The lowest BCUT2D eigenvalue weighted by atomic mass is 9.85. The van der Waals surface area contributed by atoms with E-state index in [2.05, 4.69) is 25.5 Å². The van der Waals surface area contributed by atoms with Gasteiger partial charge in [0.25, 0.3) is 0 Å². The maximum absolute atomic E-state index is 12.5. The van der Waals surface area contributed by atoms with Gasteiger partial charge in [0.15, 0.2) is 0 Å². The summed E-state index contributed by atoms with van der Waals surface area (Å²) in [6, 6.07) is 0.882. The summed E-state index contributed by atoms with van der Waals surface area (Å²) >= 11 is 0. The maximum Gasteiger partial charge on any atom is 0.315 e. The van der Waals surface area contributed by atoms with E-state index in [1.54, 1.807) is 11.6 Å². The second kappa shape index (κ2) is 5.92. The fourth-order valence-electron chi connectivity index (χ4n) is 3.59. The van der Waals surface area contributed by atoms with Gasteiger partial charge in [0.1, 0.15) is 0 Å². The second-order valence-electron chi connectivity index (χ2n) is 6.73. The van der Waals surface area contributed by atoms with Crippen LogP contribution in [0.2, 0.25) is 0 Å². The molecule has 1 saturated heterocycles. The highest BCUT2D eigenvalue weighted by molar-refractivity contribution is 5.78. The Hall–Kier alpha value is -2.38. The van der Waals surface area contributed by atoms with Gasteiger partial charge in [0.2, 0.25) is 11.8 Å². The monoisotopic (exact) mass is 330 g/mol. The largest absolute Gasteiger partial charge is 0.408 e. The normalized spacial score (nSPS) is 24.4. The molecule has 3 heterocycles. The average Bonchev–Trinajstić information content (AvgIpc) is 3.17. The standard InChI is InChI=1S/C16H22N6O2/c1-10-19-20-16(24-10)17-7-11-3-6-14(23)22(13-4-5-13)15(11)12-8-18-21(2)9-12/h8-9,11,13,15H,3-7H2,1-2H3,(H,17,20)/t11-,15+/m1/s1. The van der Waals surface area contributed by atoms with E-state index in [1.807, 2.05) is 19.4 Å². The molecule has 2 aromatic rings. The number of hydrogen-bond donors (Lipinski definition) is 1. The highest BCUT2D eigenvalue weighted by atomic mass is 16.4. The van der Waals surface area contributed by atoms with Gasteiger partial charge in [-0.1, -0.05) is 5.10 Å². The average molecular weight is 330 g/mol. The Labute approximate surface area is 140 Å². The third kappa shape index (κ3) is 2.88. The molecule has 2 aromatic heterocycles. The number of nitrogens with one attached hydrogen (secondary N) is 1. The molecule has 1 saturated carbocycles. The van der Waals surface area contributed by atoms with Crippen molar-refractivity contribution in [1.29, 1.82) is 0 Å². The topological polar surface area (TPSA) is 89.1 Å². The van der Waals surface area contributed by atoms with Crippen molar-refractivity contribution in [2.75, 3.05) is 11.9 Å². The zero-order valence-electron chi connectivity index (χ0n) is 14.0. The molecular formula is C16H22N6O2. The molecule has 0 bridgehead atoms. The number of anilines is 1. The Morgan fingerprint density at radius 3 is 2.79 bits per heavy atom. The quantitative estimate of drug-likeness (QED) is 0.897. The van der Waals surface area contributed by atoms with Crippen LogP contribution in [0.5, 0.6) is 0 Å². The Kier molecular flexibility index (Phi) is 3.74. The van der Waals surface area contributed by atoms with Crippen molar-refractivity contribution < 1.29 is 9.21 Å². The fraction of sp³-hybridized carbons (Fsp3) is 0.625. The lowest BCUT2D eigenvalue weighted by molar-refractivity contribution is -0.139. The molecule has 1 amide bonds. The zero-order valence-corrected chi connectivity index (χ0v) is 14.0. The molecule has 1 N–H and O–H groups in total. The summed E-state index contributed by atoms with van der Waals surface area (Å²) < 4.78 is 7.19. The van der Waals surface area contributed by atoms with Crippen LogP contribution in [0.4, 0.5) is 6.01 Å². The van der Waals surface area contributed by atoms with Crippen molar-refractivity contribution in [3.8, 4) is 0 Å². The van der Waals surface area contributed by atoms with Gasteiger partial charge in [-0.05, 0) is 19.3 Å². The van der Waals surface area contributed by atoms with E-state index < -0.39 is 0 Å². The number of nitrogens with zero attached hydrogens (tertiary/aromatic N) is 5. The van der Waals surface area contributed by atoms with E-state index in [0.717, 1.165) is 24.8 Å². The molecule has 0 unspecified atom stereocenters. The molecule has 1 aliphatic heterocycles. The van der Waals surface area contributed by atoms with E-state index in [0.29, 0.717) is 36.8 Å². The van der Waals surface area contributed by atoms with Crippen molar-refractivity contribution in [2.24, 2.45) is 13.0 Å². The third-order valence-electron chi connectivity index (χ3n) is 4.81. The minimum atomic E-state index is 0.0592. The molecule has 2 atom stereocenters. The molecule has 0 spiro atoms. The SMILES string of the molecule is Cc1nnc(NC[C@H]2CCC(=O)N(C3CC3)[C@@H]2c2cnn(C)c2)o1. The minimum Gasteiger partial charge on any atom is -0.408 e. The van der Waals surface area contributed by atoms with Crippen LogP contribution in [0.15, 0.2) is 16.8 Å². The van der Waals surface area contributed by atoms with E-state index in [-0.39, 0.29) is 11.9 Å². The Morgan fingerprint density at radius 1 is 1.33 bits per heavy atom. The summed E-state index contributed by atoms with van der Waals surface area (Å²) in [6.45, 7) is 2.46. The number of carbonyl (C=O) groups is 1. The smallest absolute Gasteiger partial charge is 0.315 e. The Balaban J connectivity index is 1.57. The first-order valence-corrected chi connectivity index (χ1v) is 8.45. The predicted octanol–water partition coefficient (Wildman–Crippen LogP) is 1.67. The fourth-order valence-corrected chi connectivity index (χ4v) is 3.59. The molecular weight excluding hydrogens is 308 g/mol. The van der Waals surface area contributed by atoms with E-state index in [9.17, 15) is 4.79 Å². The van der Waals surface area contributed by atoms with Gasteiger partial charge in [-0.15, -0.1) is 5.10 Å². The molecule has 2 aliphatic rings. The van der Waals surface area contributed by atoms with Crippen LogP contribution in [0.1, 0.15) is 43.2 Å². The first kappa shape index (κ1) is 15.2. The highest BCUT2D eigenvalue weighted by Gasteiger charge is 2.44. The van der Waals surface area contributed by atoms with Gasteiger partial charge in [0, 0.05) is 50.7 Å². The highest BCUT2D eigenvalue weighted by Crippen LogP contribution is 2.43. The Morgan fingerprint density at radius 2 is 2.17 bits per heavy atom. The lowest BCUT2D eigenvalue weighted by Gasteiger charge is -2.41. The first-order valence-electron chi connectivity index (χ1n) is 8.45. The maximum atomic E-state index is 12.5. The summed E-state index contributed by atoms with van der Waals surface area (Å²) in [6.07, 6.45) is 7.55. The van der Waals surface area contributed by atoms with Gasteiger partial charge in [-0.25, -0.2) is 0 Å². The van der Waals surface area contributed by atoms with Gasteiger partial charge in [0.05, 0.1) is 12.2 Å². The van der Waals surface area contributed by atoms with Crippen molar-refractivity contribution in [3.05, 3.63) is 23.8 Å². The molecule has 8 heteroatoms. The molecule has 8 nitrogen and oxygen atoms in total. The summed E-state index contributed by atoms with van der Waals surface area (Å²) in [4.78, 5) is 14.6.